The lowest BCUT2D eigenvalue weighted by Gasteiger charge is -2.27. The number of carbonyl (C=O) groups excluding carboxylic acids is 3. The zero-order valence-electron chi connectivity index (χ0n) is 18.8. The number of methoxy groups -OCH3 is 1. The van der Waals surface area contributed by atoms with E-state index in [-0.39, 0.29) is 29.8 Å². The van der Waals surface area contributed by atoms with E-state index >= 15 is 0 Å². The Kier molecular flexibility index (Phi) is 7.52. The van der Waals surface area contributed by atoms with Crippen molar-refractivity contribution in [1.82, 2.24) is 9.80 Å². The minimum Gasteiger partial charge on any atom is -0.493 e. The Morgan fingerprint density at radius 2 is 1.82 bits per heavy atom. The molecule has 2 fully saturated rings. The summed E-state index contributed by atoms with van der Waals surface area (Å²) >= 11 is 0.793. The number of thioether (sulfide) groups is 1. The molecule has 2 aromatic carbocycles. The molecule has 7 nitrogen and oxygen atoms in total. The zero-order valence-corrected chi connectivity index (χ0v) is 19.6. The summed E-state index contributed by atoms with van der Waals surface area (Å²) in [7, 11) is 1.50. The molecular formula is C25H25FN2O5S. The molecule has 0 N–H and O–H groups in total. The number of amides is 3. The Bertz CT molecular complexity index is 1110. The number of likely N-dealkylation sites (tertiary alicyclic amines) is 1. The Morgan fingerprint density at radius 3 is 2.53 bits per heavy atom. The lowest BCUT2D eigenvalue weighted by Crippen LogP contribution is -2.44. The van der Waals surface area contributed by atoms with Gasteiger partial charge >= 0.3 is 0 Å². The Hall–Kier alpha value is -3.33. The van der Waals surface area contributed by atoms with Crippen molar-refractivity contribution in [2.45, 2.75) is 25.9 Å². The first-order valence-corrected chi connectivity index (χ1v) is 11.9. The highest BCUT2D eigenvalue weighted by molar-refractivity contribution is 8.18. The van der Waals surface area contributed by atoms with Crippen molar-refractivity contribution in [2.24, 2.45) is 0 Å². The number of halogens is 1. The molecule has 34 heavy (non-hydrogen) atoms. The smallest absolute Gasteiger partial charge is 0.294 e. The van der Waals surface area contributed by atoms with Gasteiger partial charge in [-0.15, -0.1) is 0 Å². The van der Waals surface area contributed by atoms with Crippen molar-refractivity contribution in [2.75, 3.05) is 26.7 Å². The van der Waals surface area contributed by atoms with E-state index in [4.69, 9.17) is 9.47 Å². The van der Waals surface area contributed by atoms with Gasteiger partial charge in [0.05, 0.1) is 12.0 Å². The first kappa shape index (κ1) is 23.8. The van der Waals surface area contributed by atoms with Crippen LogP contribution in [-0.2, 0) is 16.2 Å². The molecule has 0 saturated carbocycles. The first-order valence-electron chi connectivity index (χ1n) is 11.0. The van der Waals surface area contributed by atoms with E-state index in [0.29, 0.717) is 30.2 Å². The third kappa shape index (κ3) is 5.41. The van der Waals surface area contributed by atoms with Crippen LogP contribution in [0.2, 0.25) is 0 Å². The molecule has 3 amide bonds. The van der Waals surface area contributed by atoms with Gasteiger partial charge in [0.1, 0.15) is 19.0 Å². The summed E-state index contributed by atoms with van der Waals surface area (Å²) in [6.45, 7) is 1.22. The number of nitrogens with zero attached hydrogens (tertiary/aromatic N) is 2. The fourth-order valence-electron chi connectivity index (χ4n) is 3.85. The van der Waals surface area contributed by atoms with E-state index in [0.717, 1.165) is 41.5 Å². The third-order valence-corrected chi connectivity index (χ3v) is 6.60. The van der Waals surface area contributed by atoms with Gasteiger partial charge in [-0.1, -0.05) is 24.3 Å². The Balaban J connectivity index is 1.52. The van der Waals surface area contributed by atoms with Gasteiger partial charge in [-0.2, -0.15) is 0 Å². The van der Waals surface area contributed by atoms with E-state index in [2.05, 4.69) is 0 Å². The largest absolute Gasteiger partial charge is 0.493 e. The molecule has 2 heterocycles. The minimum atomic E-state index is -0.507. The summed E-state index contributed by atoms with van der Waals surface area (Å²) in [5.41, 5.74) is 1.31. The van der Waals surface area contributed by atoms with Crippen LogP contribution in [0.1, 0.15) is 30.4 Å². The van der Waals surface area contributed by atoms with Crippen molar-refractivity contribution in [3.63, 3.8) is 0 Å². The number of hydrogen-bond acceptors (Lipinski definition) is 6. The maximum Gasteiger partial charge on any atom is 0.294 e. The number of benzene rings is 2. The number of para-hydroxylation sites is 1. The molecule has 2 aliphatic heterocycles. The summed E-state index contributed by atoms with van der Waals surface area (Å²) < 4.78 is 24.6. The van der Waals surface area contributed by atoms with Crippen molar-refractivity contribution in [1.29, 1.82) is 0 Å². The van der Waals surface area contributed by atoms with Crippen LogP contribution in [0.3, 0.4) is 0 Å². The molecule has 0 aromatic heterocycles. The van der Waals surface area contributed by atoms with Crippen LogP contribution >= 0.6 is 11.8 Å². The second kappa shape index (κ2) is 10.7. The van der Waals surface area contributed by atoms with E-state index < -0.39 is 11.1 Å². The lowest BCUT2D eigenvalue weighted by atomic mass is 10.1. The van der Waals surface area contributed by atoms with Crippen LogP contribution in [0.15, 0.2) is 47.4 Å². The fourth-order valence-corrected chi connectivity index (χ4v) is 4.68. The van der Waals surface area contributed by atoms with E-state index in [1.165, 1.54) is 19.2 Å². The lowest BCUT2D eigenvalue weighted by molar-refractivity contribution is -0.136. The molecule has 0 spiro atoms. The summed E-state index contributed by atoms with van der Waals surface area (Å²) in [5.74, 6) is -0.210. The third-order valence-electron chi connectivity index (χ3n) is 5.69. The van der Waals surface area contributed by atoms with Gasteiger partial charge in [-0.3, -0.25) is 19.3 Å². The predicted octanol–water partition coefficient (Wildman–Crippen LogP) is 4.46. The normalized spacial score (nSPS) is 17.4. The van der Waals surface area contributed by atoms with E-state index in [9.17, 15) is 18.8 Å². The maximum absolute atomic E-state index is 13.2. The molecule has 0 aliphatic carbocycles. The highest BCUT2D eigenvalue weighted by atomic mass is 32.2. The molecule has 178 valence electrons. The SMILES string of the molecule is COc1cccc(/C=C2\SC(=O)N(CC(=O)N3CCCCC3)C2=O)c1OCc1ccc(F)cc1. The van der Waals surface area contributed by atoms with Crippen LogP contribution in [0, 0.1) is 5.82 Å². The van der Waals surface area contributed by atoms with Gasteiger partial charge < -0.3 is 14.4 Å². The topological polar surface area (TPSA) is 76.2 Å². The second-order valence-corrected chi connectivity index (χ2v) is 9.00. The van der Waals surface area contributed by atoms with Crippen LogP contribution in [-0.4, -0.2) is 53.6 Å². The molecule has 4 rings (SSSR count). The monoisotopic (exact) mass is 484 g/mol. The minimum absolute atomic E-state index is 0.160. The highest BCUT2D eigenvalue weighted by Crippen LogP contribution is 2.37. The molecule has 9 heteroatoms. The van der Waals surface area contributed by atoms with Crippen LogP contribution < -0.4 is 9.47 Å². The number of hydrogen-bond donors (Lipinski definition) is 0. The van der Waals surface area contributed by atoms with Crippen LogP contribution in [0.25, 0.3) is 6.08 Å². The highest BCUT2D eigenvalue weighted by Gasteiger charge is 2.37. The molecule has 2 aliphatic rings. The van der Waals surface area contributed by atoms with Crippen molar-refractivity contribution < 1.29 is 28.2 Å². The number of carbonyl (C=O) groups is 3. The van der Waals surface area contributed by atoms with Gasteiger partial charge in [0.2, 0.25) is 5.91 Å². The average Bonchev–Trinajstić information content (AvgIpc) is 3.11. The summed E-state index contributed by atoms with van der Waals surface area (Å²) in [4.78, 5) is 41.0. The summed E-state index contributed by atoms with van der Waals surface area (Å²) in [5, 5.41) is -0.474. The number of imide groups is 1. The predicted molar refractivity (Wildman–Crippen MR) is 127 cm³/mol. The van der Waals surface area contributed by atoms with E-state index in [1.54, 1.807) is 41.3 Å². The molecule has 0 unspecified atom stereocenters. The molecular weight excluding hydrogens is 459 g/mol. The number of rotatable bonds is 7. The Morgan fingerprint density at radius 1 is 1.09 bits per heavy atom. The van der Waals surface area contributed by atoms with Crippen LogP contribution in [0.4, 0.5) is 9.18 Å². The Labute approximate surface area is 201 Å². The molecule has 2 aromatic rings. The molecule has 2 saturated heterocycles. The zero-order chi connectivity index (χ0) is 24.1. The van der Waals surface area contributed by atoms with Gasteiger partial charge in [0.15, 0.2) is 11.5 Å². The van der Waals surface area contributed by atoms with E-state index in [1.807, 2.05) is 0 Å². The standard InChI is InChI=1S/C25H25FN2O5S/c1-32-20-7-5-6-18(23(20)33-16-17-8-10-19(26)11-9-17)14-21-24(30)28(25(31)34-21)15-22(29)27-12-3-2-4-13-27/h5-11,14H,2-4,12-13,15-16H2,1H3/b21-14-. The summed E-state index contributed by atoms with van der Waals surface area (Å²) in [6, 6.07) is 11.2. The first-order chi connectivity index (χ1) is 16.5. The number of piperidine rings is 1. The molecule has 0 radical (unpaired) electrons. The fraction of sp³-hybridized carbons (Fsp3) is 0.320. The number of ether oxygens (including phenoxy) is 2. The quantitative estimate of drug-likeness (QED) is 0.540. The second-order valence-electron chi connectivity index (χ2n) is 8.00. The molecule has 0 atom stereocenters. The van der Waals surface area contributed by atoms with Gasteiger partial charge in [-0.05, 0) is 60.9 Å². The average molecular weight is 485 g/mol. The maximum atomic E-state index is 13.2. The summed E-state index contributed by atoms with van der Waals surface area (Å²) in [6.07, 6.45) is 4.52. The van der Waals surface area contributed by atoms with Crippen LogP contribution in [0.5, 0.6) is 11.5 Å². The van der Waals surface area contributed by atoms with Crippen molar-refractivity contribution in [3.8, 4) is 11.5 Å². The van der Waals surface area contributed by atoms with Gasteiger partial charge in [0, 0.05) is 18.7 Å². The molecule has 0 bridgehead atoms. The van der Waals surface area contributed by atoms with Crippen molar-refractivity contribution in [3.05, 3.63) is 64.3 Å². The van der Waals surface area contributed by atoms with Gasteiger partial charge in [-0.25, -0.2) is 4.39 Å². The van der Waals surface area contributed by atoms with Gasteiger partial charge in [0.25, 0.3) is 11.1 Å². The van der Waals surface area contributed by atoms with Crippen molar-refractivity contribution >= 4 is 34.9 Å².